The van der Waals surface area contributed by atoms with Gasteiger partial charge in [-0.2, -0.15) is 5.26 Å². The lowest BCUT2D eigenvalue weighted by Gasteiger charge is -2.01. The second-order valence-electron chi connectivity index (χ2n) is 2.19. The van der Waals surface area contributed by atoms with E-state index < -0.39 is 0 Å². The zero-order valence-corrected chi connectivity index (χ0v) is 9.31. The maximum Gasteiger partial charge on any atom is 0.266 e. The Balaban J connectivity index is 3.66. The molecule has 3 nitrogen and oxygen atoms in total. The quantitative estimate of drug-likeness (QED) is 0.731. The summed E-state index contributed by atoms with van der Waals surface area (Å²) >= 11 is 6.24. The SMILES string of the molecule is Cn1cc(Br)c(C#N)c(Br)c1=O. The normalized spacial score (nSPS) is 9.50. The molecule has 0 atom stereocenters. The number of rotatable bonds is 0. The van der Waals surface area contributed by atoms with Gasteiger partial charge in [0.05, 0.1) is 10.0 Å². The molecule has 0 amide bonds. The van der Waals surface area contributed by atoms with Crippen LogP contribution in [0.4, 0.5) is 0 Å². The first-order valence-electron chi connectivity index (χ1n) is 3.02. The van der Waals surface area contributed by atoms with Crippen LogP contribution in [-0.4, -0.2) is 4.57 Å². The molecule has 0 spiro atoms. The highest BCUT2D eigenvalue weighted by Gasteiger charge is 2.09. The predicted molar refractivity (Wildman–Crippen MR) is 51.8 cm³/mol. The number of nitriles is 1. The van der Waals surface area contributed by atoms with Gasteiger partial charge in [0.1, 0.15) is 10.5 Å². The van der Waals surface area contributed by atoms with Gasteiger partial charge in [-0.05, 0) is 31.9 Å². The van der Waals surface area contributed by atoms with Gasteiger partial charge in [0.25, 0.3) is 5.56 Å². The van der Waals surface area contributed by atoms with Crippen molar-refractivity contribution in [3.63, 3.8) is 0 Å². The summed E-state index contributed by atoms with van der Waals surface area (Å²) in [5.74, 6) is 0. The van der Waals surface area contributed by atoms with Crippen LogP contribution < -0.4 is 5.56 Å². The van der Waals surface area contributed by atoms with Crippen LogP contribution in [0.2, 0.25) is 0 Å². The molecule has 0 bridgehead atoms. The van der Waals surface area contributed by atoms with E-state index in [1.165, 1.54) is 4.57 Å². The van der Waals surface area contributed by atoms with E-state index in [2.05, 4.69) is 31.9 Å². The highest BCUT2D eigenvalue weighted by molar-refractivity contribution is 9.11. The largest absolute Gasteiger partial charge is 0.316 e. The highest BCUT2D eigenvalue weighted by Crippen LogP contribution is 2.20. The van der Waals surface area contributed by atoms with Crippen LogP contribution in [0.25, 0.3) is 0 Å². The molecule has 0 fully saturated rings. The molecule has 1 aromatic rings. The van der Waals surface area contributed by atoms with Crippen LogP contribution in [0, 0.1) is 11.3 Å². The Morgan fingerprint density at radius 1 is 1.58 bits per heavy atom. The van der Waals surface area contributed by atoms with E-state index in [1.807, 2.05) is 6.07 Å². The second kappa shape index (κ2) is 3.42. The summed E-state index contributed by atoms with van der Waals surface area (Å²) in [5, 5.41) is 8.66. The number of nitrogens with zero attached hydrogens (tertiary/aromatic N) is 2. The Kier molecular flexibility index (Phi) is 2.70. The standard InChI is InChI=1S/C7H4Br2N2O/c1-11-3-5(8)4(2-10)6(9)7(11)12/h3H,1H3. The van der Waals surface area contributed by atoms with E-state index in [4.69, 9.17) is 5.26 Å². The molecular weight excluding hydrogens is 288 g/mol. The maximum absolute atomic E-state index is 11.2. The van der Waals surface area contributed by atoms with E-state index >= 15 is 0 Å². The summed E-state index contributed by atoms with van der Waals surface area (Å²) in [5.41, 5.74) is 0.118. The summed E-state index contributed by atoms with van der Waals surface area (Å²) in [6.45, 7) is 0. The minimum absolute atomic E-state index is 0.213. The molecule has 0 saturated heterocycles. The fourth-order valence-corrected chi connectivity index (χ4v) is 2.20. The van der Waals surface area contributed by atoms with Gasteiger partial charge in [-0.1, -0.05) is 0 Å². The van der Waals surface area contributed by atoms with Gasteiger partial charge < -0.3 is 4.57 Å². The number of halogens is 2. The van der Waals surface area contributed by atoms with Crippen molar-refractivity contribution in [1.82, 2.24) is 4.57 Å². The molecule has 1 rings (SSSR count). The molecule has 0 radical (unpaired) electrons. The third kappa shape index (κ3) is 1.45. The third-order valence-corrected chi connectivity index (χ3v) is 2.72. The van der Waals surface area contributed by atoms with E-state index in [9.17, 15) is 4.79 Å². The van der Waals surface area contributed by atoms with Crippen LogP contribution in [0.15, 0.2) is 19.9 Å². The van der Waals surface area contributed by atoms with Crippen molar-refractivity contribution in [1.29, 1.82) is 5.26 Å². The van der Waals surface area contributed by atoms with Gasteiger partial charge in [-0.25, -0.2) is 0 Å². The lowest BCUT2D eigenvalue weighted by atomic mass is 10.3. The molecule has 12 heavy (non-hydrogen) atoms. The molecule has 0 unspecified atom stereocenters. The third-order valence-electron chi connectivity index (χ3n) is 1.39. The van der Waals surface area contributed by atoms with E-state index in [-0.39, 0.29) is 5.56 Å². The van der Waals surface area contributed by atoms with Crippen molar-refractivity contribution in [3.8, 4) is 6.07 Å². The van der Waals surface area contributed by atoms with Gasteiger partial charge in [-0.3, -0.25) is 4.79 Å². The molecule has 0 aliphatic carbocycles. The van der Waals surface area contributed by atoms with Crippen molar-refractivity contribution >= 4 is 31.9 Å². The molecule has 1 aromatic heterocycles. The van der Waals surface area contributed by atoms with Gasteiger partial charge in [0.2, 0.25) is 0 Å². The fraction of sp³-hybridized carbons (Fsp3) is 0.143. The van der Waals surface area contributed by atoms with Crippen molar-refractivity contribution < 1.29 is 0 Å². The summed E-state index contributed by atoms with van der Waals surface area (Å²) in [7, 11) is 1.62. The molecule has 1 heterocycles. The van der Waals surface area contributed by atoms with Crippen molar-refractivity contribution in [2.75, 3.05) is 0 Å². The monoisotopic (exact) mass is 290 g/mol. The minimum atomic E-state index is -0.213. The molecule has 0 aliphatic heterocycles. The van der Waals surface area contributed by atoms with E-state index in [0.717, 1.165) is 0 Å². The Morgan fingerprint density at radius 2 is 2.17 bits per heavy atom. The molecule has 0 saturated carbocycles. The Labute approximate surface area is 85.9 Å². The number of pyridine rings is 1. The van der Waals surface area contributed by atoms with E-state index in [1.54, 1.807) is 13.2 Å². The van der Waals surface area contributed by atoms with Crippen molar-refractivity contribution in [2.24, 2.45) is 7.05 Å². The maximum atomic E-state index is 11.2. The lowest BCUT2D eigenvalue weighted by molar-refractivity contribution is 0.846. The van der Waals surface area contributed by atoms with Crippen LogP contribution in [0.1, 0.15) is 5.56 Å². The summed E-state index contributed by atoms with van der Waals surface area (Å²) < 4.78 is 2.30. The topological polar surface area (TPSA) is 45.8 Å². The molecular formula is C7H4Br2N2O. The van der Waals surface area contributed by atoms with Crippen molar-refractivity contribution in [3.05, 3.63) is 31.1 Å². The molecule has 0 aliphatic rings. The van der Waals surface area contributed by atoms with Gasteiger partial charge in [0, 0.05) is 13.2 Å². The zero-order chi connectivity index (χ0) is 9.30. The zero-order valence-electron chi connectivity index (χ0n) is 6.14. The van der Waals surface area contributed by atoms with Gasteiger partial charge >= 0.3 is 0 Å². The first kappa shape index (κ1) is 9.49. The number of hydrogen-bond acceptors (Lipinski definition) is 2. The highest BCUT2D eigenvalue weighted by atomic mass is 79.9. The molecule has 5 heteroatoms. The summed E-state index contributed by atoms with van der Waals surface area (Å²) in [4.78, 5) is 11.2. The fourth-order valence-electron chi connectivity index (χ4n) is 0.762. The average molecular weight is 292 g/mol. The number of hydrogen-bond donors (Lipinski definition) is 0. The van der Waals surface area contributed by atoms with Crippen LogP contribution in [0.5, 0.6) is 0 Å². The first-order chi connectivity index (χ1) is 5.57. The number of aromatic nitrogens is 1. The summed E-state index contributed by atoms with van der Waals surface area (Å²) in [6.07, 6.45) is 1.56. The predicted octanol–water partition coefficient (Wildman–Crippen LogP) is 1.78. The van der Waals surface area contributed by atoms with Crippen LogP contribution in [0.3, 0.4) is 0 Å². The smallest absolute Gasteiger partial charge is 0.266 e. The Morgan fingerprint density at radius 3 is 2.67 bits per heavy atom. The molecule has 0 N–H and O–H groups in total. The molecule has 0 aromatic carbocycles. The first-order valence-corrected chi connectivity index (χ1v) is 4.61. The Hall–Kier alpha value is -0.600. The lowest BCUT2D eigenvalue weighted by Crippen LogP contribution is -2.17. The summed E-state index contributed by atoms with van der Waals surface area (Å²) in [6, 6.07) is 1.92. The average Bonchev–Trinajstić information content (AvgIpc) is 2.01. The molecule has 62 valence electrons. The Bertz CT molecular complexity index is 417. The van der Waals surface area contributed by atoms with E-state index in [0.29, 0.717) is 14.5 Å². The van der Waals surface area contributed by atoms with Crippen LogP contribution >= 0.6 is 31.9 Å². The number of aryl methyl sites for hydroxylation is 1. The minimum Gasteiger partial charge on any atom is -0.316 e. The van der Waals surface area contributed by atoms with Gasteiger partial charge in [0.15, 0.2) is 0 Å². The second-order valence-corrected chi connectivity index (χ2v) is 3.84. The van der Waals surface area contributed by atoms with Gasteiger partial charge in [-0.15, -0.1) is 0 Å². The van der Waals surface area contributed by atoms with Crippen LogP contribution in [-0.2, 0) is 7.05 Å². The van der Waals surface area contributed by atoms with Crippen molar-refractivity contribution in [2.45, 2.75) is 0 Å².